The summed E-state index contributed by atoms with van der Waals surface area (Å²) < 4.78 is 46.6. The zero-order chi connectivity index (χ0) is 24.4. The maximum absolute atomic E-state index is 15.4. The molecule has 2 heterocycles. The van der Waals surface area contributed by atoms with Gasteiger partial charge in [-0.05, 0) is 38.0 Å². The van der Waals surface area contributed by atoms with Crippen LogP contribution in [0, 0.1) is 5.92 Å². The first-order chi connectivity index (χ1) is 15.4. The summed E-state index contributed by atoms with van der Waals surface area (Å²) in [5.74, 6) is 0.391. The van der Waals surface area contributed by atoms with Gasteiger partial charge in [0, 0.05) is 12.2 Å². The summed E-state index contributed by atoms with van der Waals surface area (Å²) in [4.78, 5) is 15.7. The molecule has 182 valence electrons. The minimum Gasteiger partial charge on any atom is -0.413 e. The molecule has 0 radical (unpaired) electrons. The molecule has 3 rings (SSSR count). The Morgan fingerprint density at radius 3 is 2.61 bits per heavy atom. The Morgan fingerprint density at radius 1 is 1.33 bits per heavy atom. The van der Waals surface area contributed by atoms with E-state index < -0.39 is 44.1 Å². The third-order valence-electron chi connectivity index (χ3n) is 5.56. The van der Waals surface area contributed by atoms with Crippen molar-refractivity contribution in [2.24, 2.45) is 5.92 Å². The normalized spacial score (nSPS) is 27.9. The van der Waals surface area contributed by atoms with E-state index in [0.717, 1.165) is 11.5 Å². The first-order valence-corrected chi connectivity index (χ1v) is 12.1. The molecule has 1 aliphatic rings. The molecule has 0 aliphatic carbocycles. The second-order valence-electron chi connectivity index (χ2n) is 8.52. The summed E-state index contributed by atoms with van der Waals surface area (Å²) in [6.07, 6.45) is -3.17. The number of aliphatic hydroxyl groups excluding tert-OH is 1. The number of nitrogen functional groups attached to an aromatic ring is 1. The van der Waals surface area contributed by atoms with Crippen molar-refractivity contribution in [2.75, 3.05) is 12.3 Å². The van der Waals surface area contributed by atoms with E-state index in [0.29, 0.717) is 5.75 Å². The van der Waals surface area contributed by atoms with Gasteiger partial charge >= 0.3 is 13.4 Å². The van der Waals surface area contributed by atoms with E-state index in [-0.39, 0.29) is 17.8 Å². The lowest BCUT2D eigenvalue weighted by Crippen LogP contribution is -2.43. The van der Waals surface area contributed by atoms with Crippen LogP contribution in [0.15, 0.2) is 47.4 Å². The molecule has 1 aromatic carbocycles. The van der Waals surface area contributed by atoms with Crippen molar-refractivity contribution >= 4 is 13.6 Å². The second kappa shape index (κ2) is 9.90. The van der Waals surface area contributed by atoms with Crippen LogP contribution in [-0.2, 0) is 13.8 Å². The standard InChI is InChI=1S/C21H30FN4O6P/c1-13(2)14(3)25-33(29,32-15-8-6-5-7-9-15)30-12-16-18(27)21(4,22)19(31-16)26-11-10-17(23)24-20(26)28/h5-11,13-14,16,18-19,27H,12H2,1-4H3,(H,25,29)(H2,23,24,28)/t14-,16-,18-,19-,21-,33?/m1/s1. The summed E-state index contributed by atoms with van der Waals surface area (Å²) in [6, 6.07) is 9.52. The zero-order valence-corrected chi connectivity index (χ0v) is 19.8. The molecule has 4 N–H and O–H groups in total. The number of aromatic nitrogens is 2. The van der Waals surface area contributed by atoms with E-state index in [4.69, 9.17) is 19.5 Å². The third kappa shape index (κ3) is 5.80. The van der Waals surface area contributed by atoms with Crippen molar-refractivity contribution in [1.29, 1.82) is 0 Å². The number of nitrogens with zero attached hydrogens (tertiary/aromatic N) is 2. The predicted octanol–water partition coefficient (Wildman–Crippen LogP) is 2.65. The summed E-state index contributed by atoms with van der Waals surface area (Å²) in [6.45, 7) is 6.34. The molecule has 1 aromatic heterocycles. The Balaban J connectivity index is 1.79. The molecule has 0 bridgehead atoms. The number of para-hydroxylation sites is 1. The van der Waals surface area contributed by atoms with Crippen LogP contribution in [0.4, 0.5) is 10.2 Å². The van der Waals surface area contributed by atoms with Crippen LogP contribution in [0.1, 0.15) is 33.9 Å². The Morgan fingerprint density at radius 2 is 2.00 bits per heavy atom. The van der Waals surface area contributed by atoms with Gasteiger partial charge in [0.05, 0.1) is 6.61 Å². The molecule has 12 heteroatoms. The molecule has 0 saturated carbocycles. The number of nitrogens with one attached hydrogen (secondary N) is 1. The average molecular weight is 484 g/mol. The maximum Gasteiger partial charge on any atom is 0.459 e. The van der Waals surface area contributed by atoms with Crippen LogP contribution in [0.3, 0.4) is 0 Å². The van der Waals surface area contributed by atoms with Crippen molar-refractivity contribution in [3.8, 4) is 5.75 Å². The lowest BCUT2D eigenvalue weighted by molar-refractivity contribution is -0.0592. The highest BCUT2D eigenvalue weighted by Gasteiger charge is 2.55. The maximum atomic E-state index is 15.4. The van der Waals surface area contributed by atoms with Gasteiger partial charge in [0.15, 0.2) is 11.9 Å². The fraction of sp³-hybridized carbons (Fsp3) is 0.524. The van der Waals surface area contributed by atoms with Crippen LogP contribution < -0.4 is 21.0 Å². The Labute approximate surface area is 191 Å². The predicted molar refractivity (Wildman–Crippen MR) is 120 cm³/mol. The fourth-order valence-electron chi connectivity index (χ4n) is 3.24. The number of rotatable bonds is 9. The van der Waals surface area contributed by atoms with Crippen molar-refractivity contribution in [3.63, 3.8) is 0 Å². The molecule has 2 aromatic rings. The number of ether oxygens (including phenoxy) is 1. The van der Waals surface area contributed by atoms with E-state index in [1.165, 1.54) is 12.3 Å². The van der Waals surface area contributed by atoms with Crippen LogP contribution in [0.5, 0.6) is 5.75 Å². The number of nitrogens with two attached hydrogens (primary N) is 1. The van der Waals surface area contributed by atoms with Gasteiger partial charge in [-0.1, -0.05) is 32.0 Å². The molecular weight excluding hydrogens is 454 g/mol. The van der Waals surface area contributed by atoms with E-state index in [2.05, 4.69) is 10.1 Å². The van der Waals surface area contributed by atoms with Crippen molar-refractivity contribution in [2.45, 2.75) is 57.8 Å². The van der Waals surface area contributed by atoms with Gasteiger partial charge in [-0.25, -0.2) is 18.8 Å². The first kappa shape index (κ1) is 25.3. The Hall–Kier alpha value is -2.30. The summed E-state index contributed by atoms with van der Waals surface area (Å²) in [7, 11) is -3.94. The van der Waals surface area contributed by atoms with Gasteiger partial charge in [-0.15, -0.1) is 0 Å². The molecule has 0 spiro atoms. The molecule has 1 fully saturated rings. The number of halogens is 1. The average Bonchev–Trinajstić information content (AvgIpc) is 2.96. The van der Waals surface area contributed by atoms with Crippen LogP contribution in [-0.4, -0.2) is 45.2 Å². The number of hydrogen-bond donors (Lipinski definition) is 3. The zero-order valence-electron chi connectivity index (χ0n) is 18.9. The van der Waals surface area contributed by atoms with Gasteiger partial charge in [-0.2, -0.15) is 4.98 Å². The number of alkyl halides is 1. The number of aliphatic hydroxyl groups is 1. The smallest absolute Gasteiger partial charge is 0.413 e. The molecule has 1 unspecified atom stereocenters. The lowest BCUT2D eigenvalue weighted by Gasteiger charge is -2.27. The molecule has 33 heavy (non-hydrogen) atoms. The summed E-state index contributed by atoms with van der Waals surface area (Å²) >= 11 is 0. The minimum absolute atomic E-state index is 0.0282. The van der Waals surface area contributed by atoms with Gasteiger partial charge in [0.25, 0.3) is 0 Å². The number of anilines is 1. The molecule has 0 amide bonds. The molecule has 1 saturated heterocycles. The van der Waals surface area contributed by atoms with Crippen LogP contribution in [0.25, 0.3) is 0 Å². The summed E-state index contributed by atoms with van der Waals surface area (Å²) in [5.41, 5.74) is 2.29. The Bertz CT molecular complexity index is 1050. The monoisotopic (exact) mass is 484 g/mol. The largest absolute Gasteiger partial charge is 0.459 e. The molecule has 10 nitrogen and oxygen atoms in total. The van der Waals surface area contributed by atoms with Crippen molar-refractivity contribution in [1.82, 2.24) is 14.6 Å². The Kier molecular flexibility index (Phi) is 7.60. The van der Waals surface area contributed by atoms with E-state index in [9.17, 15) is 14.5 Å². The highest BCUT2D eigenvalue weighted by molar-refractivity contribution is 7.52. The van der Waals surface area contributed by atoms with E-state index in [1.807, 2.05) is 20.8 Å². The highest BCUT2D eigenvalue weighted by Crippen LogP contribution is 2.47. The van der Waals surface area contributed by atoms with E-state index >= 15 is 4.39 Å². The summed E-state index contributed by atoms with van der Waals surface area (Å²) in [5, 5.41) is 13.4. The van der Waals surface area contributed by atoms with E-state index in [1.54, 1.807) is 30.3 Å². The minimum atomic E-state index is -3.94. The molecular formula is C21H30FN4O6P. The highest BCUT2D eigenvalue weighted by atomic mass is 31.2. The van der Waals surface area contributed by atoms with Gasteiger partial charge in [0.1, 0.15) is 23.8 Å². The molecule has 6 atom stereocenters. The third-order valence-corrected chi connectivity index (χ3v) is 7.22. The van der Waals surface area contributed by atoms with Crippen LogP contribution >= 0.6 is 7.75 Å². The quantitative estimate of drug-likeness (QED) is 0.459. The second-order valence-corrected chi connectivity index (χ2v) is 10.2. The topological polar surface area (TPSA) is 138 Å². The lowest BCUT2D eigenvalue weighted by atomic mass is 9.98. The van der Waals surface area contributed by atoms with Crippen molar-refractivity contribution in [3.05, 3.63) is 53.1 Å². The first-order valence-electron chi connectivity index (χ1n) is 10.6. The number of hydrogen-bond acceptors (Lipinski definition) is 8. The SMILES string of the molecule is CC(C)[C@@H](C)NP(=O)(OC[C@H]1O[C@@H](n2ccc(N)nc2=O)[C@](C)(F)[C@@H]1O)Oc1ccccc1. The molecule has 1 aliphatic heterocycles. The van der Waals surface area contributed by atoms with Gasteiger partial charge < -0.3 is 20.1 Å². The fourth-order valence-corrected chi connectivity index (χ4v) is 4.95. The van der Waals surface area contributed by atoms with Crippen molar-refractivity contribution < 1.29 is 27.8 Å². The number of benzene rings is 1. The van der Waals surface area contributed by atoms with Gasteiger partial charge in [-0.3, -0.25) is 9.09 Å². The van der Waals surface area contributed by atoms with Crippen LogP contribution in [0.2, 0.25) is 0 Å². The van der Waals surface area contributed by atoms with Gasteiger partial charge in [0.2, 0.25) is 0 Å².